The summed E-state index contributed by atoms with van der Waals surface area (Å²) in [5.74, 6) is 0. The molecule has 7 nitrogen and oxygen atoms in total. The van der Waals surface area contributed by atoms with E-state index in [9.17, 15) is 48.0 Å². The number of halogens is 6. The standard InChI is InChI=1S/C17H17F6NO6S2/c1-15(2,3)30-14(25)24-9-10(11-6-4-5-7-12(11)24)8-13(31(26,27)16(18,19)20)32(28,29)17(21,22)23/h4-7,9,13H,8H2,1-3H3. The molecule has 0 radical (unpaired) electrons. The molecule has 1 heterocycles. The smallest absolute Gasteiger partial charge is 0.443 e. The molecule has 0 aliphatic carbocycles. The molecule has 32 heavy (non-hydrogen) atoms. The van der Waals surface area contributed by atoms with Gasteiger partial charge in [0.25, 0.3) is 19.7 Å². The monoisotopic (exact) mass is 509 g/mol. The van der Waals surface area contributed by atoms with Crippen molar-refractivity contribution in [1.82, 2.24) is 4.57 Å². The minimum absolute atomic E-state index is 0.0377. The first kappa shape index (κ1) is 26.0. The Kier molecular flexibility index (Phi) is 6.44. The summed E-state index contributed by atoms with van der Waals surface area (Å²) in [5.41, 5.74) is -14.2. The number of aromatic nitrogens is 1. The number of carbonyl (C=O) groups is 1. The Balaban J connectivity index is 2.73. The van der Waals surface area contributed by atoms with Crippen LogP contribution in [0.2, 0.25) is 0 Å². The number of alkyl halides is 6. The summed E-state index contributed by atoms with van der Waals surface area (Å²) in [4.78, 5) is 12.4. The normalized spacial score (nSPS) is 14.2. The first-order valence-corrected chi connectivity index (χ1v) is 11.7. The van der Waals surface area contributed by atoms with Gasteiger partial charge in [-0.15, -0.1) is 0 Å². The number of para-hydroxylation sites is 1. The number of benzene rings is 1. The van der Waals surface area contributed by atoms with Gasteiger partial charge < -0.3 is 4.74 Å². The molecule has 0 spiro atoms. The zero-order valence-electron chi connectivity index (χ0n) is 16.7. The third-order valence-corrected chi connectivity index (χ3v) is 8.64. The number of hydrogen-bond donors (Lipinski definition) is 0. The molecule has 0 fully saturated rings. The third kappa shape index (κ3) is 4.87. The highest BCUT2D eigenvalue weighted by molar-refractivity contribution is 8.09. The van der Waals surface area contributed by atoms with Gasteiger partial charge in [-0.2, -0.15) is 26.3 Å². The molecule has 15 heteroatoms. The van der Waals surface area contributed by atoms with Crippen molar-refractivity contribution in [1.29, 1.82) is 0 Å². The van der Waals surface area contributed by atoms with Crippen LogP contribution >= 0.6 is 0 Å². The second kappa shape index (κ2) is 7.93. The van der Waals surface area contributed by atoms with Gasteiger partial charge in [-0.05, 0) is 32.4 Å². The van der Waals surface area contributed by atoms with Crippen molar-refractivity contribution in [2.24, 2.45) is 0 Å². The average Bonchev–Trinajstić information content (AvgIpc) is 2.94. The van der Waals surface area contributed by atoms with E-state index < -0.39 is 59.0 Å². The molecule has 0 aliphatic rings. The van der Waals surface area contributed by atoms with Gasteiger partial charge in [0.2, 0.25) is 0 Å². The highest BCUT2D eigenvalue weighted by Gasteiger charge is 2.62. The maximum atomic E-state index is 13.0. The van der Waals surface area contributed by atoms with E-state index in [2.05, 4.69) is 0 Å². The molecule has 180 valence electrons. The topological polar surface area (TPSA) is 99.5 Å². The lowest BCUT2D eigenvalue weighted by molar-refractivity contribution is -0.0471. The van der Waals surface area contributed by atoms with Crippen LogP contribution in [0.25, 0.3) is 10.9 Å². The lowest BCUT2D eigenvalue weighted by atomic mass is 10.1. The van der Waals surface area contributed by atoms with Crippen LogP contribution in [-0.4, -0.2) is 48.7 Å². The number of ether oxygens (including phenoxy) is 1. The molecule has 0 saturated heterocycles. The van der Waals surface area contributed by atoms with Crippen molar-refractivity contribution in [2.75, 3.05) is 0 Å². The summed E-state index contributed by atoms with van der Waals surface area (Å²) in [6.07, 6.45) is -2.02. The van der Waals surface area contributed by atoms with Crippen LogP contribution in [0, 0.1) is 0 Å². The maximum absolute atomic E-state index is 13.0. The first-order valence-electron chi connectivity index (χ1n) is 8.63. The van der Waals surface area contributed by atoms with Crippen LogP contribution < -0.4 is 0 Å². The van der Waals surface area contributed by atoms with Crippen LogP contribution in [0.4, 0.5) is 31.1 Å². The molecular formula is C17H17F6NO6S2. The summed E-state index contributed by atoms with van der Waals surface area (Å²) >= 11 is 0. The summed E-state index contributed by atoms with van der Waals surface area (Å²) in [7, 11) is -13.6. The van der Waals surface area contributed by atoms with E-state index in [1.54, 1.807) is 0 Å². The van der Waals surface area contributed by atoms with Crippen LogP contribution in [0.3, 0.4) is 0 Å². The van der Waals surface area contributed by atoms with Crippen LogP contribution in [0.1, 0.15) is 26.3 Å². The molecule has 0 bridgehead atoms. The summed E-state index contributed by atoms with van der Waals surface area (Å²) in [6, 6.07) is 5.16. The molecule has 0 unspecified atom stereocenters. The lowest BCUT2D eigenvalue weighted by Gasteiger charge is -2.21. The number of rotatable bonds is 4. The number of sulfone groups is 2. The molecule has 1 aromatic carbocycles. The Hall–Kier alpha value is -2.29. The fraction of sp³-hybridized carbons (Fsp3) is 0.471. The van der Waals surface area contributed by atoms with Crippen molar-refractivity contribution < 1.29 is 52.7 Å². The van der Waals surface area contributed by atoms with Crippen molar-refractivity contribution in [3.8, 4) is 0 Å². The third-order valence-electron chi connectivity index (χ3n) is 4.11. The van der Waals surface area contributed by atoms with Crippen molar-refractivity contribution in [3.63, 3.8) is 0 Å². The summed E-state index contributed by atoms with van der Waals surface area (Å²) < 4.78 is 127. The first-order chi connectivity index (χ1) is 14.2. The second-order valence-electron chi connectivity index (χ2n) is 7.64. The molecule has 1 aromatic heterocycles. The van der Waals surface area contributed by atoms with Crippen LogP contribution in [0.5, 0.6) is 0 Å². The number of carbonyl (C=O) groups excluding carboxylic acids is 1. The van der Waals surface area contributed by atoms with E-state index in [0.717, 1.165) is 10.8 Å². The fourth-order valence-corrected chi connectivity index (χ4v) is 6.12. The number of hydrogen-bond acceptors (Lipinski definition) is 6. The highest BCUT2D eigenvalue weighted by atomic mass is 32.3. The Labute approximate surface area is 178 Å². The van der Waals surface area contributed by atoms with Crippen LogP contribution in [-0.2, 0) is 30.8 Å². The Morgan fingerprint density at radius 2 is 1.41 bits per heavy atom. The average molecular weight is 509 g/mol. The molecule has 0 amide bonds. The Bertz CT molecular complexity index is 1190. The van der Waals surface area contributed by atoms with E-state index in [1.165, 1.54) is 45.0 Å². The molecule has 0 N–H and O–H groups in total. The predicted octanol–water partition coefficient (Wildman–Crippen LogP) is 4.16. The van der Waals surface area contributed by atoms with Gasteiger partial charge in [0.1, 0.15) is 5.60 Å². The van der Waals surface area contributed by atoms with Gasteiger partial charge in [0.15, 0.2) is 4.58 Å². The van der Waals surface area contributed by atoms with E-state index in [0.29, 0.717) is 0 Å². The van der Waals surface area contributed by atoms with Gasteiger partial charge in [-0.25, -0.2) is 21.6 Å². The predicted molar refractivity (Wildman–Crippen MR) is 101 cm³/mol. The largest absolute Gasteiger partial charge is 0.498 e. The molecule has 0 aliphatic heterocycles. The Morgan fingerprint density at radius 1 is 0.938 bits per heavy atom. The van der Waals surface area contributed by atoms with Gasteiger partial charge in [0, 0.05) is 18.0 Å². The highest BCUT2D eigenvalue weighted by Crippen LogP contribution is 2.38. The summed E-state index contributed by atoms with van der Waals surface area (Å²) in [6.45, 7) is 4.50. The SMILES string of the molecule is CC(C)(C)OC(=O)n1cc(CC(S(=O)(=O)C(F)(F)F)S(=O)(=O)C(F)(F)F)c2ccccc21. The number of fused-ring (bicyclic) bond motifs is 1. The fourth-order valence-electron chi connectivity index (χ4n) is 2.74. The molecular weight excluding hydrogens is 492 g/mol. The van der Waals surface area contributed by atoms with Gasteiger partial charge >= 0.3 is 17.1 Å². The van der Waals surface area contributed by atoms with Crippen molar-refractivity contribution in [2.45, 2.75) is 48.4 Å². The maximum Gasteiger partial charge on any atom is 0.498 e. The van der Waals surface area contributed by atoms with E-state index in [1.807, 2.05) is 0 Å². The van der Waals surface area contributed by atoms with Gasteiger partial charge in [-0.1, -0.05) is 18.2 Å². The zero-order valence-corrected chi connectivity index (χ0v) is 18.3. The van der Waals surface area contributed by atoms with Crippen molar-refractivity contribution in [3.05, 3.63) is 36.0 Å². The molecule has 0 saturated carbocycles. The minimum atomic E-state index is -6.82. The van der Waals surface area contributed by atoms with Gasteiger partial charge in [-0.3, -0.25) is 4.57 Å². The molecule has 2 aromatic rings. The quantitative estimate of drug-likeness (QED) is 0.574. The molecule has 2 rings (SSSR count). The van der Waals surface area contributed by atoms with E-state index in [4.69, 9.17) is 4.74 Å². The van der Waals surface area contributed by atoms with Crippen LogP contribution in [0.15, 0.2) is 30.5 Å². The minimum Gasteiger partial charge on any atom is -0.443 e. The Morgan fingerprint density at radius 3 is 1.84 bits per heavy atom. The lowest BCUT2D eigenvalue weighted by Crippen LogP contribution is -2.46. The van der Waals surface area contributed by atoms with E-state index >= 15 is 0 Å². The molecule has 0 atom stereocenters. The zero-order chi connectivity index (χ0) is 24.9. The van der Waals surface area contributed by atoms with E-state index in [-0.39, 0.29) is 10.9 Å². The second-order valence-corrected chi connectivity index (χ2v) is 12.2. The summed E-state index contributed by atoms with van der Waals surface area (Å²) in [5, 5.41) is -0.127. The van der Waals surface area contributed by atoms with Crippen molar-refractivity contribution >= 4 is 36.7 Å². The number of nitrogens with zero attached hydrogens (tertiary/aromatic N) is 1. The van der Waals surface area contributed by atoms with Gasteiger partial charge in [0.05, 0.1) is 5.52 Å².